The number of hydrogen-bond donors (Lipinski definition) is 0. The smallest absolute Gasteiger partial charge is 0.134 e. The van der Waals surface area contributed by atoms with E-state index in [9.17, 15) is 10.1 Å². The van der Waals surface area contributed by atoms with Crippen molar-refractivity contribution in [3.63, 3.8) is 0 Å². The Morgan fingerprint density at radius 3 is 2.82 bits per heavy atom. The Balaban J connectivity index is 2.39. The number of carbonyl (C=O) groups is 1. The molecule has 88 valence electrons. The Labute approximate surface area is 115 Å². The number of rotatable bonds is 0. The molecule has 0 aliphatic heterocycles. The number of alkyl halides is 1. The summed E-state index contributed by atoms with van der Waals surface area (Å²) in [6.45, 7) is 0. The number of fused-ring (bicyclic) bond motifs is 1. The van der Waals surface area contributed by atoms with Gasteiger partial charge in [0, 0.05) is 12.8 Å². The van der Waals surface area contributed by atoms with Crippen molar-refractivity contribution < 1.29 is 4.79 Å². The van der Waals surface area contributed by atoms with E-state index >= 15 is 0 Å². The molecule has 0 amide bonds. The third-order valence-electron chi connectivity index (χ3n) is 3.22. The highest BCUT2D eigenvalue weighted by Crippen LogP contribution is 2.37. The molecule has 1 aromatic rings. The van der Waals surface area contributed by atoms with Crippen molar-refractivity contribution >= 4 is 28.4 Å². The van der Waals surface area contributed by atoms with Crippen LogP contribution in [0.2, 0.25) is 0 Å². The van der Waals surface area contributed by atoms with Crippen molar-refractivity contribution in [2.75, 3.05) is 0 Å². The first-order chi connectivity index (χ1) is 8.22. The summed E-state index contributed by atoms with van der Waals surface area (Å²) in [6.07, 6.45) is 2.85. The van der Waals surface area contributed by atoms with Crippen molar-refractivity contribution in [1.82, 2.24) is 0 Å². The monoisotopic (exact) mass is 339 g/mol. The van der Waals surface area contributed by atoms with Crippen LogP contribution in [-0.2, 0) is 11.2 Å². The fourth-order valence-electron chi connectivity index (χ4n) is 2.29. The highest BCUT2D eigenvalue weighted by atomic mass is 127. The number of Topliss-reactive ketones (excluding diaryl/α,β-unsaturated/α-hetero) is 1. The number of benzene rings is 1. The molecule has 1 aromatic carbocycles. The molecule has 0 spiro atoms. The third-order valence-corrected chi connectivity index (χ3v) is 4.76. The quantitative estimate of drug-likeness (QED) is 0.535. The zero-order valence-electron chi connectivity index (χ0n) is 9.53. The lowest BCUT2D eigenvalue weighted by Gasteiger charge is -2.17. The minimum Gasteiger partial charge on any atom is -0.300 e. The minimum atomic E-state index is -0.192. The van der Waals surface area contributed by atoms with Crippen LogP contribution in [0.3, 0.4) is 0 Å². The maximum atomic E-state index is 11.7. The molecule has 0 saturated heterocycles. The number of nitrogens with zero attached hydrogens (tertiary/aromatic N) is 1. The molecule has 0 heterocycles. The normalized spacial score (nSPS) is 25.1. The second-order valence-corrected chi connectivity index (χ2v) is 5.77. The van der Waals surface area contributed by atoms with Crippen molar-refractivity contribution in [1.29, 1.82) is 5.26 Å². The van der Waals surface area contributed by atoms with Gasteiger partial charge in [-0.25, -0.2) is 0 Å². The van der Waals surface area contributed by atoms with E-state index in [0.29, 0.717) is 12.8 Å². The summed E-state index contributed by atoms with van der Waals surface area (Å²) in [7, 11) is 0. The Kier molecular flexibility index (Phi) is 4.16. The number of nitriles is 1. The third kappa shape index (κ3) is 2.86. The first-order valence-corrected chi connectivity index (χ1v) is 7.10. The van der Waals surface area contributed by atoms with E-state index in [0.717, 1.165) is 12.8 Å². The molecule has 0 bridgehead atoms. The summed E-state index contributed by atoms with van der Waals surface area (Å²) < 4.78 is 0.121. The van der Waals surface area contributed by atoms with Gasteiger partial charge >= 0.3 is 0 Å². The number of carbonyl (C=O) groups excluding carboxylic acids is 1. The number of ketones is 1. The highest BCUT2D eigenvalue weighted by molar-refractivity contribution is 14.1. The SMILES string of the molecule is N#C[C@@H]1CC(=O)CCCc2ccccc2[C@H]1I. The molecule has 0 aromatic heterocycles. The Hall–Kier alpha value is -0.890. The predicted octanol–water partition coefficient (Wildman–Crippen LogP) is 3.60. The van der Waals surface area contributed by atoms with Crippen molar-refractivity contribution in [2.24, 2.45) is 5.92 Å². The van der Waals surface area contributed by atoms with Crippen LogP contribution in [0, 0.1) is 17.2 Å². The van der Waals surface area contributed by atoms with Gasteiger partial charge in [0.05, 0.1) is 15.9 Å². The van der Waals surface area contributed by atoms with Crippen LogP contribution in [0.5, 0.6) is 0 Å². The molecule has 17 heavy (non-hydrogen) atoms. The van der Waals surface area contributed by atoms with Crippen LogP contribution < -0.4 is 0 Å². The molecule has 0 fully saturated rings. The second kappa shape index (κ2) is 5.63. The highest BCUT2D eigenvalue weighted by Gasteiger charge is 2.26. The maximum Gasteiger partial charge on any atom is 0.134 e. The summed E-state index contributed by atoms with van der Waals surface area (Å²) in [5.41, 5.74) is 2.52. The van der Waals surface area contributed by atoms with Gasteiger partial charge in [-0.15, -0.1) is 0 Å². The number of aryl methyl sites for hydroxylation is 1. The van der Waals surface area contributed by atoms with Crippen molar-refractivity contribution in [3.05, 3.63) is 35.4 Å². The zero-order valence-corrected chi connectivity index (χ0v) is 11.7. The van der Waals surface area contributed by atoms with Gasteiger partial charge in [0.25, 0.3) is 0 Å². The molecule has 1 aliphatic carbocycles. The lowest BCUT2D eigenvalue weighted by molar-refractivity contribution is -0.119. The lowest BCUT2D eigenvalue weighted by atomic mass is 9.93. The van der Waals surface area contributed by atoms with Crippen molar-refractivity contribution in [3.8, 4) is 6.07 Å². The summed E-state index contributed by atoms with van der Waals surface area (Å²) in [6, 6.07) is 10.5. The Morgan fingerprint density at radius 2 is 2.06 bits per heavy atom. The Morgan fingerprint density at radius 1 is 1.29 bits per heavy atom. The topological polar surface area (TPSA) is 40.9 Å². The number of halogens is 1. The van der Waals surface area contributed by atoms with Gasteiger partial charge in [-0.05, 0) is 24.0 Å². The first kappa shape index (κ1) is 12.6. The van der Waals surface area contributed by atoms with Crippen molar-refractivity contribution in [2.45, 2.75) is 29.6 Å². The van der Waals surface area contributed by atoms with Crippen LogP contribution in [0.15, 0.2) is 24.3 Å². The van der Waals surface area contributed by atoms with Crippen LogP contribution in [-0.4, -0.2) is 5.78 Å². The molecular weight excluding hydrogens is 325 g/mol. The summed E-state index contributed by atoms with van der Waals surface area (Å²) in [5, 5.41) is 9.21. The predicted molar refractivity (Wildman–Crippen MR) is 74.9 cm³/mol. The van der Waals surface area contributed by atoms with E-state index in [1.807, 2.05) is 12.1 Å². The van der Waals surface area contributed by atoms with Crippen LogP contribution in [0.25, 0.3) is 0 Å². The molecule has 0 radical (unpaired) electrons. The van der Waals surface area contributed by atoms with E-state index in [4.69, 9.17) is 0 Å². The van der Waals surface area contributed by atoms with Gasteiger partial charge in [0.15, 0.2) is 0 Å². The molecular formula is C14H14INO. The molecule has 2 rings (SSSR count). The standard InChI is InChI=1S/C14H14INO/c15-14-11(9-16)8-12(17)6-3-5-10-4-1-2-7-13(10)14/h1-2,4,7,11,14H,3,5-6,8H2/t11-,14-/m0/s1. The van der Waals surface area contributed by atoms with E-state index < -0.39 is 0 Å². The van der Waals surface area contributed by atoms with E-state index in [1.165, 1.54) is 11.1 Å². The van der Waals surface area contributed by atoms with E-state index in [-0.39, 0.29) is 15.6 Å². The summed E-state index contributed by atoms with van der Waals surface area (Å²) in [4.78, 5) is 11.7. The van der Waals surface area contributed by atoms with Gasteiger partial charge in [-0.1, -0.05) is 46.9 Å². The first-order valence-electron chi connectivity index (χ1n) is 5.85. The Bertz CT molecular complexity index is 464. The minimum absolute atomic E-state index is 0.121. The van der Waals surface area contributed by atoms with Crippen LogP contribution >= 0.6 is 22.6 Å². The summed E-state index contributed by atoms with van der Waals surface area (Å²) >= 11 is 2.30. The van der Waals surface area contributed by atoms with Gasteiger partial charge < -0.3 is 0 Å². The molecule has 0 saturated carbocycles. The van der Waals surface area contributed by atoms with Gasteiger partial charge in [-0.2, -0.15) is 5.26 Å². The van der Waals surface area contributed by atoms with Gasteiger partial charge in [0.2, 0.25) is 0 Å². The second-order valence-electron chi connectivity index (χ2n) is 4.43. The average molecular weight is 339 g/mol. The summed E-state index contributed by atoms with van der Waals surface area (Å²) in [5.74, 6) is 0.0355. The molecule has 3 heteroatoms. The van der Waals surface area contributed by atoms with Crippen LogP contribution in [0.4, 0.5) is 0 Å². The lowest BCUT2D eigenvalue weighted by Crippen LogP contribution is -2.11. The average Bonchev–Trinajstić information content (AvgIpc) is 2.40. The van der Waals surface area contributed by atoms with Gasteiger partial charge in [0.1, 0.15) is 5.78 Å². The molecule has 1 aliphatic rings. The maximum absolute atomic E-state index is 11.7. The fourth-order valence-corrected chi connectivity index (χ4v) is 3.31. The fraction of sp³-hybridized carbons (Fsp3) is 0.429. The van der Waals surface area contributed by atoms with Crippen LogP contribution in [0.1, 0.15) is 34.3 Å². The van der Waals surface area contributed by atoms with Gasteiger partial charge in [-0.3, -0.25) is 4.79 Å². The molecule has 0 unspecified atom stereocenters. The molecule has 2 atom stereocenters. The van der Waals surface area contributed by atoms with E-state index in [2.05, 4.69) is 40.8 Å². The molecule has 0 N–H and O–H groups in total. The largest absolute Gasteiger partial charge is 0.300 e. The zero-order chi connectivity index (χ0) is 12.3. The number of hydrogen-bond acceptors (Lipinski definition) is 2. The molecule has 2 nitrogen and oxygen atoms in total. The van der Waals surface area contributed by atoms with E-state index in [1.54, 1.807) is 0 Å².